The molecule has 0 bridgehead atoms. The van der Waals surface area contributed by atoms with Crippen LogP contribution in [0.25, 0.3) is 0 Å². The molecule has 2 heterocycles. The van der Waals surface area contributed by atoms with E-state index in [0.29, 0.717) is 31.5 Å². The lowest BCUT2D eigenvalue weighted by atomic mass is 9.94. The molecule has 0 amide bonds. The normalized spacial score (nSPS) is 26.1. The number of nitrogens with one attached hydrogen (secondary N) is 2. The van der Waals surface area contributed by atoms with E-state index in [1.54, 1.807) is 4.31 Å². The molecule has 2 aliphatic rings. The molecule has 0 spiro atoms. The van der Waals surface area contributed by atoms with Crippen molar-refractivity contribution in [3.05, 3.63) is 34.9 Å². The Balaban J connectivity index is 1.64. The van der Waals surface area contributed by atoms with Crippen molar-refractivity contribution in [3.8, 4) is 0 Å². The Labute approximate surface area is 133 Å². The van der Waals surface area contributed by atoms with Crippen LogP contribution in [0.5, 0.6) is 0 Å². The number of benzene rings is 1. The van der Waals surface area contributed by atoms with Gasteiger partial charge in [0.1, 0.15) is 0 Å². The molecule has 1 saturated heterocycles. The summed E-state index contributed by atoms with van der Waals surface area (Å²) in [5.74, 6) is 0.845. The minimum Gasteiger partial charge on any atom is -0.309 e. The first-order chi connectivity index (χ1) is 10.4. The summed E-state index contributed by atoms with van der Waals surface area (Å²) in [5.41, 5.74) is 3.60. The van der Waals surface area contributed by atoms with Crippen molar-refractivity contribution in [3.63, 3.8) is 0 Å². The monoisotopic (exact) mass is 323 g/mol. The molecule has 6 heteroatoms. The zero-order chi connectivity index (χ0) is 15.7. The van der Waals surface area contributed by atoms with Gasteiger partial charge in [0.15, 0.2) is 0 Å². The van der Waals surface area contributed by atoms with Gasteiger partial charge in [-0.15, -0.1) is 0 Å². The summed E-state index contributed by atoms with van der Waals surface area (Å²) < 4.78 is 29.3. The van der Waals surface area contributed by atoms with E-state index < -0.39 is 10.2 Å². The Bertz CT molecular complexity index is 635. The molecule has 2 aliphatic heterocycles. The number of nitrogens with zero attached hydrogens (tertiary/aromatic N) is 1. The molecule has 0 radical (unpaired) electrons. The van der Waals surface area contributed by atoms with E-state index in [9.17, 15) is 8.42 Å². The fraction of sp³-hybridized carbons (Fsp3) is 0.625. The first-order valence-corrected chi connectivity index (χ1v) is 9.44. The summed E-state index contributed by atoms with van der Waals surface area (Å²) in [7, 11) is -3.39. The van der Waals surface area contributed by atoms with E-state index >= 15 is 0 Å². The fourth-order valence-electron chi connectivity index (χ4n) is 3.53. The number of hydrogen-bond acceptors (Lipinski definition) is 3. The van der Waals surface area contributed by atoms with Gasteiger partial charge in [0.05, 0.1) is 0 Å². The van der Waals surface area contributed by atoms with Gasteiger partial charge in [-0.3, -0.25) is 0 Å². The zero-order valence-corrected chi connectivity index (χ0v) is 14.1. The van der Waals surface area contributed by atoms with E-state index in [1.807, 2.05) is 6.07 Å². The second-order valence-corrected chi connectivity index (χ2v) is 8.55. The highest BCUT2D eigenvalue weighted by Crippen LogP contribution is 2.23. The third-order valence-electron chi connectivity index (χ3n) is 4.54. The van der Waals surface area contributed by atoms with E-state index in [0.717, 1.165) is 25.1 Å². The SMILES string of the molecule is CC1CC(C)CN(S(=O)(=O)NCc2ccc3c(c2)CNC3)C1. The van der Waals surface area contributed by atoms with Crippen molar-refractivity contribution in [1.82, 2.24) is 14.3 Å². The van der Waals surface area contributed by atoms with Gasteiger partial charge in [0, 0.05) is 32.7 Å². The average molecular weight is 323 g/mol. The quantitative estimate of drug-likeness (QED) is 0.885. The first-order valence-electron chi connectivity index (χ1n) is 8.00. The first kappa shape index (κ1) is 15.9. The molecule has 0 aromatic heterocycles. The maximum Gasteiger partial charge on any atom is 0.279 e. The van der Waals surface area contributed by atoms with E-state index in [2.05, 4.69) is 36.0 Å². The molecule has 22 heavy (non-hydrogen) atoms. The van der Waals surface area contributed by atoms with Crippen molar-refractivity contribution < 1.29 is 8.42 Å². The van der Waals surface area contributed by atoms with E-state index in [-0.39, 0.29) is 0 Å². The molecule has 0 saturated carbocycles. The minimum atomic E-state index is -3.39. The maximum atomic E-state index is 12.5. The lowest BCUT2D eigenvalue weighted by molar-refractivity contribution is 0.220. The molecular weight excluding hydrogens is 298 g/mol. The van der Waals surface area contributed by atoms with E-state index in [1.165, 1.54) is 11.1 Å². The Morgan fingerprint density at radius 1 is 1.18 bits per heavy atom. The van der Waals surface area contributed by atoms with Gasteiger partial charge >= 0.3 is 0 Å². The van der Waals surface area contributed by atoms with Gasteiger partial charge in [-0.1, -0.05) is 32.0 Å². The molecule has 2 N–H and O–H groups in total. The van der Waals surface area contributed by atoms with Gasteiger partial charge in [-0.05, 0) is 34.9 Å². The summed E-state index contributed by atoms with van der Waals surface area (Å²) in [5, 5.41) is 3.30. The van der Waals surface area contributed by atoms with E-state index in [4.69, 9.17) is 0 Å². The van der Waals surface area contributed by atoms with Crippen molar-refractivity contribution in [1.29, 1.82) is 0 Å². The number of hydrogen-bond donors (Lipinski definition) is 2. The smallest absolute Gasteiger partial charge is 0.279 e. The topological polar surface area (TPSA) is 61.4 Å². The van der Waals surface area contributed by atoms with Crippen LogP contribution in [0.2, 0.25) is 0 Å². The predicted molar refractivity (Wildman–Crippen MR) is 87.3 cm³/mol. The lowest BCUT2D eigenvalue weighted by Crippen LogP contribution is -2.47. The summed E-state index contributed by atoms with van der Waals surface area (Å²) in [6, 6.07) is 6.19. The largest absolute Gasteiger partial charge is 0.309 e. The summed E-state index contributed by atoms with van der Waals surface area (Å²) in [4.78, 5) is 0. The fourth-order valence-corrected chi connectivity index (χ4v) is 4.96. The van der Waals surface area contributed by atoms with Crippen LogP contribution in [-0.2, 0) is 29.8 Å². The Hall–Kier alpha value is -0.950. The molecule has 5 nitrogen and oxygen atoms in total. The molecule has 1 aromatic rings. The van der Waals surface area contributed by atoms with Crippen LogP contribution in [-0.4, -0.2) is 25.8 Å². The van der Waals surface area contributed by atoms with Crippen LogP contribution >= 0.6 is 0 Å². The molecule has 2 unspecified atom stereocenters. The summed E-state index contributed by atoms with van der Waals surface area (Å²) >= 11 is 0. The third kappa shape index (κ3) is 3.51. The Kier molecular flexibility index (Phi) is 4.54. The van der Waals surface area contributed by atoms with Gasteiger partial charge in [0.2, 0.25) is 0 Å². The summed E-state index contributed by atoms with van der Waals surface area (Å²) in [6.07, 6.45) is 1.10. The van der Waals surface area contributed by atoms with Crippen molar-refractivity contribution >= 4 is 10.2 Å². The average Bonchev–Trinajstić information content (AvgIpc) is 2.91. The number of piperidine rings is 1. The van der Waals surface area contributed by atoms with Crippen molar-refractivity contribution in [2.75, 3.05) is 13.1 Å². The molecular formula is C16H25N3O2S. The van der Waals surface area contributed by atoms with Gasteiger partial charge in [0.25, 0.3) is 10.2 Å². The van der Waals surface area contributed by atoms with Crippen LogP contribution in [0.1, 0.15) is 37.0 Å². The molecule has 3 rings (SSSR count). The van der Waals surface area contributed by atoms with Gasteiger partial charge in [-0.2, -0.15) is 17.4 Å². The second-order valence-electron chi connectivity index (χ2n) is 6.80. The van der Waals surface area contributed by atoms with Crippen LogP contribution in [0.4, 0.5) is 0 Å². The maximum absolute atomic E-state index is 12.5. The van der Waals surface area contributed by atoms with Crippen molar-refractivity contribution in [2.24, 2.45) is 11.8 Å². The highest BCUT2D eigenvalue weighted by molar-refractivity contribution is 7.87. The Morgan fingerprint density at radius 3 is 2.59 bits per heavy atom. The molecule has 122 valence electrons. The van der Waals surface area contributed by atoms with Crippen molar-refractivity contribution in [2.45, 2.75) is 39.9 Å². The third-order valence-corrected chi connectivity index (χ3v) is 6.02. The molecule has 1 fully saturated rings. The molecule has 1 aromatic carbocycles. The highest BCUT2D eigenvalue weighted by atomic mass is 32.2. The molecule has 2 atom stereocenters. The highest BCUT2D eigenvalue weighted by Gasteiger charge is 2.30. The second kappa shape index (κ2) is 6.28. The molecule has 0 aliphatic carbocycles. The van der Waals surface area contributed by atoms with Crippen LogP contribution in [0.3, 0.4) is 0 Å². The minimum absolute atomic E-state index is 0.356. The predicted octanol–water partition coefficient (Wildman–Crippen LogP) is 1.60. The summed E-state index contributed by atoms with van der Waals surface area (Å²) in [6.45, 7) is 7.61. The van der Waals surface area contributed by atoms with Crippen LogP contribution in [0, 0.1) is 11.8 Å². The number of rotatable bonds is 4. The van der Waals surface area contributed by atoms with Crippen LogP contribution < -0.4 is 10.0 Å². The standard InChI is InChI=1S/C16H25N3O2S/c1-12-5-13(2)11-19(10-12)22(20,21)18-7-14-3-4-15-8-17-9-16(15)6-14/h3-4,6,12-13,17-18H,5,7-11H2,1-2H3. The number of fused-ring (bicyclic) bond motifs is 1. The van der Waals surface area contributed by atoms with Gasteiger partial charge in [-0.25, -0.2) is 0 Å². The lowest BCUT2D eigenvalue weighted by Gasteiger charge is -2.33. The van der Waals surface area contributed by atoms with Crippen LogP contribution in [0.15, 0.2) is 18.2 Å². The van der Waals surface area contributed by atoms with Gasteiger partial charge < -0.3 is 5.32 Å². The Morgan fingerprint density at radius 2 is 1.86 bits per heavy atom. The zero-order valence-electron chi connectivity index (χ0n) is 13.3.